The van der Waals surface area contributed by atoms with E-state index in [9.17, 15) is 10.1 Å². The van der Waals surface area contributed by atoms with Crippen molar-refractivity contribution < 1.29 is 18.8 Å². The van der Waals surface area contributed by atoms with E-state index in [0.29, 0.717) is 13.2 Å². The summed E-state index contributed by atoms with van der Waals surface area (Å²) in [5, 5.41) is 18.2. The van der Waals surface area contributed by atoms with Crippen LogP contribution in [0.15, 0.2) is 64.2 Å². The van der Waals surface area contributed by atoms with Gasteiger partial charge in [-0.2, -0.15) is 0 Å². The average Bonchev–Trinajstić information content (AvgIpc) is 3.33. The Hall–Kier alpha value is -2.75. The van der Waals surface area contributed by atoms with E-state index in [0.717, 1.165) is 17.3 Å². The first-order valence-electron chi connectivity index (χ1n) is 7.78. The molecular formula is C17H13N3O5S. The summed E-state index contributed by atoms with van der Waals surface area (Å²) < 4.78 is 17.3. The fourth-order valence-electron chi connectivity index (χ4n) is 2.61. The van der Waals surface area contributed by atoms with Crippen LogP contribution in [-0.2, 0) is 14.6 Å². The number of ether oxygens (including phenoxy) is 2. The first kappa shape index (κ1) is 16.7. The molecule has 0 saturated carbocycles. The molecule has 9 heteroatoms. The Balaban J connectivity index is 1.66. The Morgan fingerprint density at radius 1 is 1.00 bits per heavy atom. The summed E-state index contributed by atoms with van der Waals surface area (Å²) >= 11 is 1.13. The fourth-order valence-corrected chi connectivity index (χ4v) is 3.58. The van der Waals surface area contributed by atoms with Crippen LogP contribution in [0.3, 0.4) is 0 Å². The third-order valence-corrected chi connectivity index (χ3v) is 4.83. The number of nitro groups is 1. The summed E-state index contributed by atoms with van der Waals surface area (Å²) in [4.78, 5) is 10.7. The summed E-state index contributed by atoms with van der Waals surface area (Å²) in [6.07, 6.45) is 0. The van der Waals surface area contributed by atoms with Gasteiger partial charge in [0.05, 0.1) is 18.1 Å². The predicted octanol–water partition coefficient (Wildman–Crippen LogP) is 3.59. The SMILES string of the molecule is O=[N+]([O-])c1ccccc1-c1nnc(SC2(c3ccccc3)OCCO2)o1. The van der Waals surface area contributed by atoms with Crippen molar-refractivity contribution in [2.45, 2.75) is 10.3 Å². The van der Waals surface area contributed by atoms with Gasteiger partial charge in [0.2, 0.25) is 0 Å². The molecule has 8 nitrogen and oxygen atoms in total. The van der Waals surface area contributed by atoms with Crippen LogP contribution >= 0.6 is 11.8 Å². The number of nitrogens with zero attached hydrogens (tertiary/aromatic N) is 3. The van der Waals surface area contributed by atoms with Crippen molar-refractivity contribution in [3.8, 4) is 11.5 Å². The first-order valence-corrected chi connectivity index (χ1v) is 8.59. The summed E-state index contributed by atoms with van der Waals surface area (Å²) in [5.41, 5.74) is 0.977. The number of rotatable bonds is 5. The minimum Gasteiger partial charge on any atom is -0.411 e. The van der Waals surface area contributed by atoms with Gasteiger partial charge >= 0.3 is 0 Å². The first-order chi connectivity index (χ1) is 12.7. The second-order valence-corrected chi connectivity index (χ2v) is 6.46. The topological polar surface area (TPSA) is 101 Å². The molecule has 0 spiro atoms. The van der Waals surface area contributed by atoms with Crippen LogP contribution in [0.5, 0.6) is 0 Å². The van der Waals surface area contributed by atoms with E-state index in [1.807, 2.05) is 30.3 Å². The van der Waals surface area contributed by atoms with Gasteiger partial charge in [0.1, 0.15) is 5.56 Å². The molecule has 0 N–H and O–H groups in total. The summed E-state index contributed by atoms with van der Waals surface area (Å²) in [6.45, 7) is 0.875. The molecule has 1 saturated heterocycles. The zero-order valence-corrected chi connectivity index (χ0v) is 14.2. The van der Waals surface area contributed by atoms with Gasteiger partial charge in [-0.1, -0.05) is 42.5 Å². The van der Waals surface area contributed by atoms with Gasteiger partial charge in [-0.3, -0.25) is 10.1 Å². The Bertz CT molecular complexity index is 925. The molecule has 1 fully saturated rings. The normalized spacial score (nSPS) is 15.8. The average molecular weight is 371 g/mol. The molecular weight excluding hydrogens is 358 g/mol. The lowest BCUT2D eigenvalue weighted by Gasteiger charge is -2.24. The van der Waals surface area contributed by atoms with Gasteiger partial charge in [0, 0.05) is 23.4 Å². The second-order valence-electron chi connectivity index (χ2n) is 5.37. The van der Waals surface area contributed by atoms with Crippen LogP contribution in [0.4, 0.5) is 5.69 Å². The van der Waals surface area contributed by atoms with Crippen molar-refractivity contribution in [2.75, 3.05) is 13.2 Å². The molecule has 1 aromatic heterocycles. The van der Waals surface area contributed by atoms with Crippen molar-refractivity contribution in [3.63, 3.8) is 0 Å². The van der Waals surface area contributed by atoms with Gasteiger partial charge in [-0.15, -0.1) is 10.2 Å². The smallest absolute Gasteiger partial charge is 0.282 e. The number of hydrogen-bond donors (Lipinski definition) is 0. The summed E-state index contributed by atoms with van der Waals surface area (Å²) in [6, 6.07) is 15.7. The predicted molar refractivity (Wildman–Crippen MR) is 92.3 cm³/mol. The van der Waals surface area contributed by atoms with Gasteiger partial charge in [0.25, 0.3) is 21.9 Å². The van der Waals surface area contributed by atoms with Gasteiger partial charge < -0.3 is 13.9 Å². The molecule has 132 valence electrons. The highest BCUT2D eigenvalue weighted by molar-refractivity contribution is 7.99. The third kappa shape index (κ3) is 3.07. The fraction of sp³-hybridized carbons (Fsp3) is 0.176. The molecule has 2 heterocycles. The van der Waals surface area contributed by atoms with Crippen LogP contribution in [0.1, 0.15) is 5.56 Å². The number of para-hydroxylation sites is 1. The van der Waals surface area contributed by atoms with Crippen LogP contribution in [-0.4, -0.2) is 28.3 Å². The maximum atomic E-state index is 11.2. The molecule has 1 aliphatic heterocycles. The maximum absolute atomic E-state index is 11.2. The number of benzene rings is 2. The Labute approximate surface area is 152 Å². The van der Waals surface area contributed by atoms with Crippen LogP contribution < -0.4 is 0 Å². The molecule has 0 unspecified atom stereocenters. The molecule has 0 amide bonds. The van der Waals surface area contributed by atoms with Crippen LogP contribution in [0, 0.1) is 10.1 Å². The number of aromatic nitrogens is 2. The molecule has 1 aliphatic rings. The number of nitro benzene ring substituents is 1. The maximum Gasteiger partial charge on any atom is 0.282 e. The molecule has 3 aromatic rings. The Morgan fingerprint density at radius 3 is 2.42 bits per heavy atom. The Morgan fingerprint density at radius 2 is 1.69 bits per heavy atom. The van der Waals surface area contributed by atoms with Crippen molar-refractivity contribution >= 4 is 17.4 Å². The standard InChI is InChI=1S/C17H13N3O5S/c21-20(22)14-9-5-4-8-13(14)15-18-19-16(25-15)26-17(23-10-11-24-17)12-6-2-1-3-7-12/h1-9H,10-11H2. The lowest BCUT2D eigenvalue weighted by Crippen LogP contribution is -2.22. The largest absolute Gasteiger partial charge is 0.411 e. The highest BCUT2D eigenvalue weighted by atomic mass is 32.2. The highest BCUT2D eigenvalue weighted by Crippen LogP contribution is 2.46. The van der Waals surface area contributed by atoms with Crippen molar-refractivity contribution in [1.29, 1.82) is 0 Å². The lowest BCUT2D eigenvalue weighted by atomic mass is 10.2. The molecule has 0 aliphatic carbocycles. The van der Waals surface area contributed by atoms with Crippen molar-refractivity contribution in [2.24, 2.45) is 0 Å². The van der Waals surface area contributed by atoms with E-state index >= 15 is 0 Å². The van der Waals surface area contributed by atoms with E-state index in [1.54, 1.807) is 18.2 Å². The minimum absolute atomic E-state index is 0.0704. The van der Waals surface area contributed by atoms with Crippen molar-refractivity contribution in [3.05, 3.63) is 70.3 Å². The lowest BCUT2D eigenvalue weighted by molar-refractivity contribution is -0.384. The summed E-state index contributed by atoms with van der Waals surface area (Å²) in [5.74, 6) is 0.0704. The number of hydrogen-bond acceptors (Lipinski definition) is 8. The van der Waals surface area contributed by atoms with Crippen molar-refractivity contribution in [1.82, 2.24) is 10.2 Å². The van der Waals surface area contributed by atoms with Crippen LogP contribution in [0.2, 0.25) is 0 Å². The monoisotopic (exact) mass is 371 g/mol. The van der Waals surface area contributed by atoms with E-state index < -0.39 is 10.0 Å². The molecule has 0 bridgehead atoms. The van der Waals surface area contributed by atoms with Gasteiger partial charge in [-0.05, 0) is 6.07 Å². The molecule has 26 heavy (non-hydrogen) atoms. The van der Waals surface area contributed by atoms with E-state index in [2.05, 4.69) is 10.2 Å². The number of thioether (sulfide) groups is 1. The zero-order chi connectivity index (χ0) is 18.0. The van der Waals surface area contributed by atoms with E-state index in [-0.39, 0.29) is 22.4 Å². The Kier molecular flexibility index (Phi) is 4.41. The van der Waals surface area contributed by atoms with Gasteiger partial charge in [-0.25, -0.2) is 0 Å². The molecule has 0 atom stereocenters. The molecule has 0 radical (unpaired) electrons. The second kappa shape index (κ2) is 6.87. The molecule has 2 aromatic carbocycles. The summed E-state index contributed by atoms with van der Waals surface area (Å²) in [7, 11) is 0. The third-order valence-electron chi connectivity index (χ3n) is 3.75. The van der Waals surface area contributed by atoms with Crippen LogP contribution in [0.25, 0.3) is 11.5 Å². The molecule has 4 rings (SSSR count). The highest BCUT2D eigenvalue weighted by Gasteiger charge is 2.42. The van der Waals surface area contributed by atoms with E-state index in [4.69, 9.17) is 13.9 Å². The van der Waals surface area contributed by atoms with E-state index in [1.165, 1.54) is 6.07 Å². The quantitative estimate of drug-likeness (QED) is 0.495. The minimum atomic E-state index is -1.08. The zero-order valence-electron chi connectivity index (χ0n) is 13.4. The van der Waals surface area contributed by atoms with Gasteiger partial charge in [0.15, 0.2) is 0 Å².